The van der Waals surface area contributed by atoms with E-state index in [4.69, 9.17) is 4.74 Å². The SMILES string of the molecule is COC(=O)CSc1nc2ccccc2n1CC(=O)N1CCCCC1. The maximum Gasteiger partial charge on any atom is 0.316 e. The number of amides is 1. The summed E-state index contributed by atoms with van der Waals surface area (Å²) >= 11 is 1.30. The van der Waals surface area contributed by atoms with Crippen LogP contribution in [0.1, 0.15) is 19.3 Å². The molecule has 1 amide bonds. The fourth-order valence-electron chi connectivity index (χ4n) is 2.88. The third-order valence-electron chi connectivity index (χ3n) is 4.17. The number of rotatable bonds is 5. The Balaban J connectivity index is 1.83. The number of imidazole rings is 1. The molecule has 1 aliphatic rings. The minimum Gasteiger partial charge on any atom is -0.468 e. The Hall–Kier alpha value is -2.02. The van der Waals surface area contributed by atoms with Gasteiger partial charge in [-0.15, -0.1) is 0 Å². The van der Waals surface area contributed by atoms with Crippen LogP contribution < -0.4 is 0 Å². The maximum atomic E-state index is 12.6. The molecular formula is C17H21N3O3S. The average molecular weight is 347 g/mol. The fraction of sp³-hybridized carbons (Fsp3) is 0.471. The molecule has 0 spiro atoms. The predicted molar refractivity (Wildman–Crippen MR) is 92.9 cm³/mol. The molecule has 24 heavy (non-hydrogen) atoms. The topological polar surface area (TPSA) is 64.4 Å². The summed E-state index contributed by atoms with van der Waals surface area (Å²) in [4.78, 5) is 30.5. The summed E-state index contributed by atoms with van der Waals surface area (Å²) < 4.78 is 6.59. The molecule has 7 heteroatoms. The number of esters is 1. The molecule has 128 valence electrons. The van der Waals surface area contributed by atoms with Crippen LogP contribution in [0.3, 0.4) is 0 Å². The lowest BCUT2D eigenvalue weighted by Gasteiger charge is -2.27. The Morgan fingerprint density at radius 3 is 2.71 bits per heavy atom. The summed E-state index contributed by atoms with van der Waals surface area (Å²) in [6.45, 7) is 1.91. The van der Waals surface area contributed by atoms with Gasteiger partial charge in [0.25, 0.3) is 0 Å². The third-order valence-corrected chi connectivity index (χ3v) is 5.12. The third kappa shape index (κ3) is 3.72. The molecule has 1 aromatic carbocycles. The molecule has 0 atom stereocenters. The number of nitrogens with zero attached hydrogens (tertiary/aromatic N) is 3. The molecule has 2 aromatic rings. The normalized spacial score (nSPS) is 14.8. The lowest BCUT2D eigenvalue weighted by Crippen LogP contribution is -2.37. The zero-order valence-electron chi connectivity index (χ0n) is 13.7. The van der Waals surface area contributed by atoms with Crippen LogP contribution in [0.25, 0.3) is 11.0 Å². The van der Waals surface area contributed by atoms with Crippen LogP contribution in [-0.4, -0.2) is 52.3 Å². The Bertz CT molecular complexity index is 738. The van der Waals surface area contributed by atoms with Crippen molar-refractivity contribution in [2.75, 3.05) is 26.0 Å². The number of carbonyl (C=O) groups excluding carboxylic acids is 2. The van der Waals surface area contributed by atoms with Gasteiger partial charge in [0.1, 0.15) is 6.54 Å². The first-order valence-electron chi connectivity index (χ1n) is 8.11. The van der Waals surface area contributed by atoms with E-state index >= 15 is 0 Å². The van der Waals surface area contributed by atoms with Gasteiger partial charge in [0.05, 0.1) is 23.9 Å². The van der Waals surface area contributed by atoms with Crippen molar-refractivity contribution in [2.45, 2.75) is 31.0 Å². The van der Waals surface area contributed by atoms with Gasteiger partial charge in [-0.2, -0.15) is 0 Å². The number of benzene rings is 1. The van der Waals surface area contributed by atoms with E-state index in [0.29, 0.717) is 5.16 Å². The van der Waals surface area contributed by atoms with Crippen molar-refractivity contribution in [3.63, 3.8) is 0 Å². The average Bonchev–Trinajstić information content (AvgIpc) is 2.98. The molecule has 0 N–H and O–H groups in total. The van der Waals surface area contributed by atoms with Crippen LogP contribution in [0.2, 0.25) is 0 Å². The largest absolute Gasteiger partial charge is 0.468 e. The number of fused-ring (bicyclic) bond motifs is 1. The first-order valence-corrected chi connectivity index (χ1v) is 9.10. The van der Waals surface area contributed by atoms with E-state index in [-0.39, 0.29) is 24.2 Å². The molecule has 6 nitrogen and oxygen atoms in total. The van der Waals surface area contributed by atoms with Crippen LogP contribution in [0.15, 0.2) is 29.4 Å². The highest BCUT2D eigenvalue weighted by Crippen LogP contribution is 2.24. The molecule has 0 saturated carbocycles. The second kappa shape index (κ2) is 7.70. The fourth-order valence-corrected chi connectivity index (χ4v) is 3.72. The van der Waals surface area contributed by atoms with Crippen molar-refractivity contribution >= 4 is 34.7 Å². The zero-order valence-corrected chi connectivity index (χ0v) is 14.6. The van der Waals surface area contributed by atoms with Crippen LogP contribution in [0, 0.1) is 0 Å². The number of carbonyl (C=O) groups is 2. The van der Waals surface area contributed by atoms with E-state index < -0.39 is 0 Å². The minimum atomic E-state index is -0.305. The molecule has 3 rings (SSSR count). The highest BCUT2D eigenvalue weighted by atomic mass is 32.2. The van der Waals surface area contributed by atoms with E-state index in [1.54, 1.807) is 0 Å². The van der Waals surface area contributed by atoms with Crippen molar-refractivity contribution in [3.8, 4) is 0 Å². The molecule has 1 fully saturated rings. The van der Waals surface area contributed by atoms with Gasteiger partial charge in [-0.25, -0.2) is 4.98 Å². The van der Waals surface area contributed by atoms with Crippen LogP contribution >= 0.6 is 11.8 Å². The zero-order chi connectivity index (χ0) is 16.9. The van der Waals surface area contributed by atoms with Gasteiger partial charge >= 0.3 is 5.97 Å². The van der Waals surface area contributed by atoms with Gasteiger partial charge in [0, 0.05) is 13.1 Å². The van der Waals surface area contributed by atoms with Crippen molar-refractivity contribution in [1.82, 2.24) is 14.5 Å². The van der Waals surface area contributed by atoms with E-state index in [1.165, 1.54) is 25.3 Å². The molecule has 1 aromatic heterocycles. The number of likely N-dealkylation sites (tertiary alicyclic amines) is 1. The second-order valence-corrected chi connectivity index (χ2v) is 6.72. The number of methoxy groups -OCH3 is 1. The Labute approximate surface area is 145 Å². The molecule has 0 unspecified atom stereocenters. The number of aromatic nitrogens is 2. The summed E-state index contributed by atoms with van der Waals surface area (Å²) in [6, 6.07) is 7.72. The number of hydrogen-bond donors (Lipinski definition) is 0. The first-order chi connectivity index (χ1) is 11.7. The van der Waals surface area contributed by atoms with Gasteiger partial charge in [-0.1, -0.05) is 23.9 Å². The van der Waals surface area contributed by atoms with Crippen LogP contribution in [0.5, 0.6) is 0 Å². The van der Waals surface area contributed by atoms with Crippen molar-refractivity contribution in [1.29, 1.82) is 0 Å². The van der Waals surface area contributed by atoms with Gasteiger partial charge in [0.15, 0.2) is 5.16 Å². The van der Waals surface area contributed by atoms with Crippen molar-refractivity contribution < 1.29 is 14.3 Å². The molecule has 1 aliphatic heterocycles. The Kier molecular flexibility index (Phi) is 5.40. The number of para-hydroxylation sites is 2. The van der Waals surface area contributed by atoms with Crippen molar-refractivity contribution in [3.05, 3.63) is 24.3 Å². The standard InChI is InChI=1S/C17H21N3O3S/c1-23-16(22)12-24-17-18-13-7-3-4-8-14(13)20(17)11-15(21)19-9-5-2-6-10-19/h3-4,7-8H,2,5-6,9-12H2,1H3. The predicted octanol–water partition coefficient (Wildman–Crippen LogP) is 2.31. The second-order valence-electron chi connectivity index (χ2n) is 5.78. The number of ether oxygens (including phenoxy) is 1. The lowest BCUT2D eigenvalue weighted by atomic mass is 10.1. The summed E-state index contributed by atoms with van der Waals surface area (Å²) in [6.07, 6.45) is 3.33. The maximum absolute atomic E-state index is 12.6. The van der Waals surface area contributed by atoms with E-state index in [2.05, 4.69) is 4.98 Å². The van der Waals surface area contributed by atoms with Crippen LogP contribution in [0.4, 0.5) is 0 Å². The highest BCUT2D eigenvalue weighted by Gasteiger charge is 2.20. The van der Waals surface area contributed by atoms with Gasteiger partial charge < -0.3 is 14.2 Å². The summed E-state index contributed by atoms with van der Waals surface area (Å²) in [5, 5.41) is 0.673. The Morgan fingerprint density at radius 2 is 1.96 bits per heavy atom. The molecule has 2 heterocycles. The first kappa shape index (κ1) is 16.8. The summed E-state index contributed by atoms with van der Waals surface area (Å²) in [5.41, 5.74) is 1.74. The van der Waals surface area contributed by atoms with E-state index in [1.807, 2.05) is 33.7 Å². The highest BCUT2D eigenvalue weighted by molar-refractivity contribution is 7.99. The lowest BCUT2D eigenvalue weighted by molar-refractivity contribution is -0.137. The molecular weight excluding hydrogens is 326 g/mol. The van der Waals surface area contributed by atoms with Gasteiger partial charge in [-0.3, -0.25) is 9.59 Å². The van der Waals surface area contributed by atoms with Gasteiger partial charge in [0.2, 0.25) is 5.91 Å². The minimum absolute atomic E-state index is 0.109. The van der Waals surface area contributed by atoms with E-state index in [0.717, 1.165) is 37.0 Å². The summed E-state index contributed by atoms with van der Waals surface area (Å²) in [5.74, 6) is -0.0173. The van der Waals surface area contributed by atoms with Crippen molar-refractivity contribution in [2.24, 2.45) is 0 Å². The van der Waals surface area contributed by atoms with E-state index in [9.17, 15) is 9.59 Å². The number of piperidine rings is 1. The molecule has 1 saturated heterocycles. The smallest absolute Gasteiger partial charge is 0.316 e. The quantitative estimate of drug-likeness (QED) is 0.613. The molecule has 0 radical (unpaired) electrons. The number of hydrogen-bond acceptors (Lipinski definition) is 5. The summed E-state index contributed by atoms with van der Waals surface area (Å²) in [7, 11) is 1.37. The molecule has 0 bridgehead atoms. The van der Waals surface area contributed by atoms with Gasteiger partial charge in [-0.05, 0) is 31.4 Å². The monoisotopic (exact) mass is 347 g/mol. The number of thioether (sulfide) groups is 1. The molecule has 0 aliphatic carbocycles. The van der Waals surface area contributed by atoms with Crippen LogP contribution in [-0.2, 0) is 20.9 Å². The Morgan fingerprint density at radius 1 is 1.21 bits per heavy atom.